The normalized spacial score (nSPS) is 17.1. The molecule has 1 aliphatic carbocycles. The quantitative estimate of drug-likeness (QED) is 0.794. The summed E-state index contributed by atoms with van der Waals surface area (Å²) < 4.78 is 28.0. The zero-order valence-corrected chi connectivity index (χ0v) is 16.3. The average Bonchev–Trinajstić information content (AvgIpc) is 3.24. The fraction of sp³-hybridized carbons (Fsp3) is 0.238. The molecule has 28 heavy (non-hydrogen) atoms. The smallest absolute Gasteiger partial charge is 0.270 e. The van der Waals surface area contributed by atoms with Crippen LogP contribution in [0.25, 0.3) is 0 Å². The minimum atomic E-state index is -4.23. The zero-order chi connectivity index (χ0) is 19.9. The predicted octanol–water partition coefficient (Wildman–Crippen LogP) is 2.84. The van der Waals surface area contributed by atoms with Crippen molar-refractivity contribution in [2.24, 2.45) is 0 Å². The van der Waals surface area contributed by atoms with E-state index in [0.717, 1.165) is 17.1 Å². The third kappa shape index (κ3) is 2.82. The van der Waals surface area contributed by atoms with Crippen LogP contribution in [-0.2, 0) is 10.0 Å². The maximum Gasteiger partial charge on any atom is 0.270 e. The van der Waals surface area contributed by atoms with Gasteiger partial charge < -0.3 is 4.90 Å². The van der Waals surface area contributed by atoms with Gasteiger partial charge in [0, 0.05) is 31.3 Å². The highest BCUT2D eigenvalue weighted by Crippen LogP contribution is 2.35. The van der Waals surface area contributed by atoms with E-state index >= 15 is 0 Å². The largest absolute Gasteiger partial charge is 0.367 e. The molecule has 2 aromatic carbocycles. The molecule has 6 nitrogen and oxygen atoms in total. The maximum absolute atomic E-state index is 13.5. The van der Waals surface area contributed by atoms with Gasteiger partial charge in [-0.2, -0.15) is 0 Å². The van der Waals surface area contributed by atoms with Gasteiger partial charge >= 0.3 is 0 Å². The molecule has 144 valence electrons. The summed E-state index contributed by atoms with van der Waals surface area (Å²) in [5, 5.41) is 0. The average molecular weight is 396 g/mol. The Bertz CT molecular complexity index is 1080. The minimum Gasteiger partial charge on any atom is -0.367 e. The SMILES string of the molecule is CN(c1ccccc1)S(=O)(=O)C1=C(N2CCCC2)C(=O)c2ccccc2C1=O. The van der Waals surface area contributed by atoms with Crippen molar-refractivity contribution in [1.29, 1.82) is 0 Å². The maximum atomic E-state index is 13.5. The number of hydrogen-bond acceptors (Lipinski definition) is 5. The van der Waals surface area contributed by atoms with Gasteiger partial charge in [0.25, 0.3) is 10.0 Å². The van der Waals surface area contributed by atoms with Crippen LogP contribution in [0.15, 0.2) is 65.2 Å². The number of likely N-dealkylation sites (tertiary alicyclic amines) is 1. The summed E-state index contributed by atoms with van der Waals surface area (Å²) in [5.74, 6) is -1.03. The molecule has 0 unspecified atom stereocenters. The molecule has 1 aliphatic heterocycles. The number of hydrogen-bond donors (Lipinski definition) is 0. The highest BCUT2D eigenvalue weighted by Gasteiger charge is 2.43. The van der Waals surface area contributed by atoms with Gasteiger partial charge in [-0.1, -0.05) is 42.5 Å². The van der Waals surface area contributed by atoms with Gasteiger partial charge in [0.1, 0.15) is 5.70 Å². The molecular formula is C21H20N2O4S. The number of rotatable bonds is 4. The molecule has 1 saturated heterocycles. The molecule has 0 bridgehead atoms. The minimum absolute atomic E-state index is 0.00369. The first-order valence-electron chi connectivity index (χ1n) is 9.14. The Morgan fingerprint density at radius 1 is 0.821 bits per heavy atom. The number of carbonyl (C=O) groups is 2. The van der Waals surface area contributed by atoms with E-state index in [1.54, 1.807) is 53.4 Å². The number of carbonyl (C=O) groups excluding carboxylic acids is 2. The number of fused-ring (bicyclic) bond motifs is 1. The molecule has 0 atom stereocenters. The molecular weight excluding hydrogens is 376 g/mol. The van der Waals surface area contributed by atoms with E-state index in [4.69, 9.17) is 0 Å². The predicted molar refractivity (Wildman–Crippen MR) is 107 cm³/mol. The molecule has 0 amide bonds. The summed E-state index contributed by atoms with van der Waals surface area (Å²) >= 11 is 0. The summed E-state index contributed by atoms with van der Waals surface area (Å²) in [4.78, 5) is 27.8. The Labute approximate surface area is 164 Å². The summed E-state index contributed by atoms with van der Waals surface area (Å²) in [5.41, 5.74) is 0.824. The first-order chi connectivity index (χ1) is 13.4. The van der Waals surface area contributed by atoms with Gasteiger partial charge in [-0.05, 0) is 25.0 Å². The summed E-state index contributed by atoms with van der Waals surface area (Å²) in [6, 6.07) is 14.9. The van der Waals surface area contributed by atoms with Crippen molar-refractivity contribution in [3.63, 3.8) is 0 Å². The van der Waals surface area contributed by atoms with Crippen LogP contribution in [0, 0.1) is 0 Å². The summed E-state index contributed by atoms with van der Waals surface area (Å²) in [6.45, 7) is 1.12. The molecule has 7 heteroatoms. The Kier molecular flexibility index (Phi) is 4.55. The topological polar surface area (TPSA) is 74.8 Å². The number of Topliss-reactive ketones (excluding diaryl/α,β-unsaturated/α-hetero) is 2. The summed E-state index contributed by atoms with van der Waals surface area (Å²) in [6.07, 6.45) is 1.71. The van der Waals surface area contributed by atoms with E-state index in [0.29, 0.717) is 18.8 Å². The first-order valence-corrected chi connectivity index (χ1v) is 10.6. The molecule has 0 aromatic heterocycles. The lowest BCUT2D eigenvalue weighted by molar-refractivity contribution is 0.0953. The van der Waals surface area contributed by atoms with E-state index in [1.165, 1.54) is 13.1 Å². The molecule has 2 aliphatic rings. The molecule has 0 radical (unpaired) electrons. The Balaban J connectivity index is 1.93. The second-order valence-corrected chi connectivity index (χ2v) is 8.79. The lowest BCUT2D eigenvalue weighted by Gasteiger charge is -2.30. The second kappa shape index (κ2) is 6.91. The van der Waals surface area contributed by atoms with E-state index in [9.17, 15) is 18.0 Å². The van der Waals surface area contributed by atoms with E-state index in [-0.39, 0.29) is 16.8 Å². The van der Waals surface area contributed by atoms with E-state index in [1.807, 2.05) is 0 Å². The number of nitrogens with zero attached hydrogens (tertiary/aromatic N) is 2. The molecule has 2 aromatic rings. The lowest BCUT2D eigenvalue weighted by atomic mass is 9.92. The van der Waals surface area contributed by atoms with Gasteiger partial charge in [-0.3, -0.25) is 13.9 Å². The molecule has 4 rings (SSSR count). The second-order valence-electron chi connectivity index (χ2n) is 6.88. The van der Waals surface area contributed by atoms with E-state index < -0.39 is 26.5 Å². The van der Waals surface area contributed by atoms with Gasteiger partial charge in [0.2, 0.25) is 11.6 Å². The van der Waals surface area contributed by atoms with Crippen molar-refractivity contribution in [3.05, 3.63) is 76.3 Å². The first kappa shape index (κ1) is 18.4. The van der Waals surface area contributed by atoms with Crippen LogP contribution in [0.4, 0.5) is 5.69 Å². The van der Waals surface area contributed by atoms with Gasteiger partial charge in [0.15, 0.2) is 4.91 Å². The monoisotopic (exact) mass is 396 g/mol. The number of benzene rings is 2. The van der Waals surface area contributed by atoms with Crippen LogP contribution in [0.5, 0.6) is 0 Å². The Morgan fingerprint density at radius 3 is 1.96 bits per heavy atom. The van der Waals surface area contributed by atoms with Crippen molar-refractivity contribution in [2.45, 2.75) is 12.8 Å². The van der Waals surface area contributed by atoms with Crippen molar-refractivity contribution in [2.75, 3.05) is 24.4 Å². The fourth-order valence-electron chi connectivity index (χ4n) is 3.72. The number of anilines is 1. The summed E-state index contributed by atoms with van der Waals surface area (Å²) in [7, 11) is -2.83. The Morgan fingerprint density at radius 2 is 1.36 bits per heavy atom. The van der Waals surface area contributed by atoms with Crippen LogP contribution in [0.2, 0.25) is 0 Å². The molecule has 1 fully saturated rings. The van der Waals surface area contributed by atoms with Crippen molar-refractivity contribution in [1.82, 2.24) is 4.90 Å². The Hall–Kier alpha value is -2.93. The van der Waals surface area contributed by atoms with Crippen molar-refractivity contribution in [3.8, 4) is 0 Å². The zero-order valence-electron chi connectivity index (χ0n) is 15.5. The third-order valence-electron chi connectivity index (χ3n) is 5.21. The third-order valence-corrected chi connectivity index (χ3v) is 7.04. The standard InChI is InChI=1S/C21H20N2O4S/c1-22(15-9-3-2-4-10-15)28(26,27)21-18(23-13-7-8-14-23)19(24)16-11-5-6-12-17(16)20(21)25/h2-6,9-12H,7-8,13-14H2,1H3. The van der Waals surface area contributed by atoms with E-state index in [2.05, 4.69) is 0 Å². The number of para-hydroxylation sites is 1. The molecule has 0 spiro atoms. The van der Waals surface area contributed by atoms with Crippen molar-refractivity contribution < 1.29 is 18.0 Å². The van der Waals surface area contributed by atoms with Crippen LogP contribution in [-0.4, -0.2) is 45.0 Å². The molecule has 1 heterocycles. The number of ketones is 2. The van der Waals surface area contributed by atoms with Crippen molar-refractivity contribution >= 4 is 27.3 Å². The lowest BCUT2D eigenvalue weighted by Crippen LogP contribution is -2.39. The van der Waals surface area contributed by atoms with Crippen LogP contribution >= 0.6 is 0 Å². The van der Waals surface area contributed by atoms with Crippen LogP contribution < -0.4 is 4.31 Å². The van der Waals surface area contributed by atoms with Crippen LogP contribution in [0.3, 0.4) is 0 Å². The molecule has 0 N–H and O–H groups in total. The molecule has 0 saturated carbocycles. The fourth-order valence-corrected chi connectivity index (χ4v) is 5.20. The number of allylic oxidation sites excluding steroid dienone is 2. The van der Waals surface area contributed by atoms with Gasteiger partial charge in [-0.15, -0.1) is 0 Å². The van der Waals surface area contributed by atoms with Gasteiger partial charge in [-0.25, -0.2) is 8.42 Å². The highest BCUT2D eigenvalue weighted by atomic mass is 32.2. The van der Waals surface area contributed by atoms with Crippen LogP contribution in [0.1, 0.15) is 33.6 Å². The number of sulfonamides is 1. The highest BCUT2D eigenvalue weighted by molar-refractivity contribution is 7.97. The van der Waals surface area contributed by atoms with Gasteiger partial charge in [0.05, 0.1) is 5.69 Å².